The van der Waals surface area contributed by atoms with Crippen molar-refractivity contribution < 1.29 is 0 Å². The van der Waals surface area contributed by atoms with Crippen LogP contribution in [0.3, 0.4) is 0 Å². The Morgan fingerprint density at radius 3 is 1.25 bits per heavy atom. The summed E-state index contributed by atoms with van der Waals surface area (Å²) >= 11 is 0. The second-order valence-corrected chi connectivity index (χ2v) is 15.1. The maximum atomic E-state index is 2.51. The molecule has 53 heavy (non-hydrogen) atoms. The molecule has 11 rings (SSSR count). The minimum Gasteiger partial charge on any atom is -0.0622 e. The van der Waals surface area contributed by atoms with Crippen LogP contribution in [0.4, 0.5) is 0 Å². The summed E-state index contributed by atoms with van der Waals surface area (Å²) in [4.78, 5) is 0. The van der Waals surface area contributed by atoms with Gasteiger partial charge in [0.25, 0.3) is 0 Å². The lowest BCUT2D eigenvalue weighted by Gasteiger charge is -2.25. The molecule has 0 saturated heterocycles. The van der Waals surface area contributed by atoms with Crippen molar-refractivity contribution >= 4 is 53.9 Å². The van der Waals surface area contributed by atoms with Crippen LogP contribution in [-0.2, 0) is 5.41 Å². The molecule has 0 heteroatoms. The molecule has 248 valence electrons. The van der Waals surface area contributed by atoms with Crippen LogP contribution in [0.5, 0.6) is 0 Å². The van der Waals surface area contributed by atoms with Gasteiger partial charge in [0, 0.05) is 5.41 Å². The first-order valence-electron chi connectivity index (χ1n) is 18.7. The fraction of sp³-hybridized carbons (Fsp3) is 0.0566. The predicted octanol–water partition coefficient (Wildman–Crippen LogP) is 14.8. The molecular weight excluding hydrogens is 637 g/mol. The van der Waals surface area contributed by atoms with Gasteiger partial charge in [-0.15, -0.1) is 0 Å². The van der Waals surface area contributed by atoms with Crippen LogP contribution in [0.2, 0.25) is 0 Å². The van der Waals surface area contributed by atoms with Crippen molar-refractivity contribution in [1.29, 1.82) is 0 Å². The Labute approximate surface area is 309 Å². The van der Waals surface area contributed by atoms with Gasteiger partial charge in [0.05, 0.1) is 0 Å². The summed E-state index contributed by atoms with van der Waals surface area (Å²) in [5.41, 5.74) is 13.0. The lowest BCUT2D eigenvalue weighted by molar-refractivity contribution is 0.672. The summed E-state index contributed by atoms with van der Waals surface area (Å²) in [5, 5.41) is 13.1. The van der Waals surface area contributed by atoms with E-state index in [1.807, 2.05) is 0 Å². The molecule has 10 aromatic rings. The Bertz CT molecular complexity index is 3070. The van der Waals surface area contributed by atoms with Gasteiger partial charge in [-0.3, -0.25) is 0 Å². The monoisotopic (exact) mass is 672 g/mol. The zero-order valence-electron chi connectivity index (χ0n) is 29.8. The maximum Gasteiger partial charge on any atom is 0.0171 e. The molecule has 0 aromatic heterocycles. The molecule has 0 nitrogen and oxygen atoms in total. The number of hydrogen-bond donors (Lipinski definition) is 0. The lowest BCUT2D eigenvalue weighted by Crippen LogP contribution is -2.16. The van der Waals surface area contributed by atoms with Crippen LogP contribution in [-0.4, -0.2) is 0 Å². The molecule has 0 spiro atoms. The molecule has 0 radical (unpaired) electrons. The Hall–Kier alpha value is -6.50. The average Bonchev–Trinajstić information content (AvgIpc) is 3.46. The Morgan fingerprint density at radius 2 is 0.660 bits per heavy atom. The Kier molecular flexibility index (Phi) is 6.40. The van der Waals surface area contributed by atoms with Crippen molar-refractivity contribution in [3.8, 4) is 44.5 Å². The van der Waals surface area contributed by atoms with Crippen LogP contribution in [0.25, 0.3) is 98.4 Å². The molecular formula is C53H36. The molecule has 0 amide bonds. The standard InChI is InChI=1S/C53H36/c1-53(2)51-44-29-14-8-23-38(44)46(32-47(51)50-39-24-9-6-21-36(39)37-22-7-15-30-45(37)52(50)53)34-19-16-20-35(31-34)49-42-27-12-10-25-40(42)48(33-17-4-3-5-18-33)41-26-11-13-28-43(41)49/h3-32H,1-2H3. The zero-order valence-corrected chi connectivity index (χ0v) is 29.8. The van der Waals surface area contributed by atoms with Gasteiger partial charge in [0.1, 0.15) is 0 Å². The van der Waals surface area contributed by atoms with E-state index in [-0.39, 0.29) is 5.41 Å². The van der Waals surface area contributed by atoms with Crippen molar-refractivity contribution in [2.45, 2.75) is 19.3 Å². The van der Waals surface area contributed by atoms with Crippen molar-refractivity contribution in [3.63, 3.8) is 0 Å². The van der Waals surface area contributed by atoms with Gasteiger partial charge < -0.3 is 0 Å². The Balaban J connectivity index is 1.21. The van der Waals surface area contributed by atoms with E-state index in [9.17, 15) is 0 Å². The quantitative estimate of drug-likeness (QED) is 0.129. The number of fused-ring (bicyclic) bond motifs is 12. The summed E-state index contributed by atoms with van der Waals surface area (Å²) in [6.45, 7) is 4.86. The van der Waals surface area contributed by atoms with Crippen LogP contribution < -0.4 is 0 Å². The van der Waals surface area contributed by atoms with E-state index in [1.54, 1.807) is 0 Å². The van der Waals surface area contributed by atoms with E-state index in [4.69, 9.17) is 0 Å². The third kappa shape index (κ3) is 4.24. The van der Waals surface area contributed by atoms with Crippen LogP contribution in [0.1, 0.15) is 25.0 Å². The molecule has 0 saturated carbocycles. The molecule has 0 bridgehead atoms. The molecule has 1 aliphatic rings. The van der Waals surface area contributed by atoms with Gasteiger partial charge in [-0.1, -0.05) is 184 Å². The van der Waals surface area contributed by atoms with Crippen LogP contribution in [0.15, 0.2) is 182 Å². The average molecular weight is 673 g/mol. The topological polar surface area (TPSA) is 0 Å². The SMILES string of the molecule is CC1(C)c2c(cc(-c3cccc(-c4c5ccccc5c(-c5ccccc5)c5ccccc45)c3)c3ccccc23)-c2c1c1ccccc1c1ccccc21. The second kappa shape index (κ2) is 11.2. The molecule has 0 heterocycles. The highest BCUT2D eigenvalue weighted by Crippen LogP contribution is 2.57. The van der Waals surface area contributed by atoms with Gasteiger partial charge in [0.15, 0.2) is 0 Å². The van der Waals surface area contributed by atoms with E-state index in [0.717, 1.165) is 0 Å². The maximum absolute atomic E-state index is 2.51. The van der Waals surface area contributed by atoms with E-state index in [0.29, 0.717) is 0 Å². The Morgan fingerprint density at radius 1 is 0.264 bits per heavy atom. The summed E-state index contributed by atoms with van der Waals surface area (Å²) in [7, 11) is 0. The summed E-state index contributed by atoms with van der Waals surface area (Å²) in [6, 6.07) is 67.7. The fourth-order valence-corrected chi connectivity index (χ4v) is 9.88. The van der Waals surface area contributed by atoms with E-state index < -0.39 is 0 Å². The summed E-state index contributed by atoms with van der Waals surface area (Å²) in [6.07, 6.45) is 0. The normalized spacial score (nSPS) is 13.2. The first kappa shape index (κ1) is 30.2. The molecule has 10 aromatic carbocycles. The largest absolute Gasteiger partial charge is 0.0622 e. The number of rotatable bonds is 3. The van der Waals surface area contributed by atoms with E-state index >= 15 is 0 Å². The first-order valence-corrected chi connectivity index (χ1v) is 18.7. The zero-order chi connectivity index (χ0) is 35.3. The third-order valence-electron chi connectivity index (χ3n) is 12.0. The van der Waals surface area contributed by atoms with Gasteiger partial charge >= 0.3 is 0 Å². The summed E-state index contributed by atoms with van der Waals surface area (Å²) in [5.74, 6) is 0. The lowest BCUT2D eigenvalue weighted by atomic mass is 9.77. The summed E-state index contributed by atoms with van der Waals surface area (Å²) < 4.78 is 0. The van der Waals surface area contributed by atoms with Crippen molar-refractivity contribution in [2.75, 3.05) is 0 Å². The highest BCUT2D eigenvalue weighted by atomic mass is 14.4. The highest BCUT2D eigenvalue weighted by Gasteiger charge is 2.40. The molecule has 0 aliphatic heterocycles. The third-order valence-corrected chi connectivity index (χ3v) is 12.0. The van der Waals surface area contributed by atoms with E-state index in [1.165, 1.54) is 109 Å². The molecule has 0 atom stereocenters. The van der Waals surface area contributed by atoms with Crippen molar-refractivity contribution in [1.82, 2.24) is 0 Å². The van der Waals surface area contributed by atoms with Gasteiger partial charge in [-0.25, -0.2) is 0 Å². The molecule has 1 aliphatic carbocycles. The van der Waals surface area contributed by atoms with Crippen molar-refractivity contribution in [2.24, 2.45) is 0 Å². The van der Waals surface area contributed by atoms with Gasteiger partial charge in [0.2, 0.25) is 0 Å². The van der Waals surface area contributed by atoms with Crippen LogP contribution in [0, 0.1) is 0 Å². The minimum absolute atomic E-state index is 0.174. The van der Waals surface area contributed by atoms with Gasteiger partial charge in [-0.05, 0) is 122 Å². The van der Waals surface area contributed by atoms with Crippen molar-refractivity contribution in [3.05, 3.63) is 193 Å². The smallest absolute Gasteiger partial charge is 0.0171 e. The molecule has 0 N–H and O–H groups in total. The van der Waals surface area contributed by atoms with E-state index in [2.05, 4.69) is 196 Å². The van der Waals surface area contributed by atoms with Gasteiger partial charge in [-0.2, -0.15) is 0 Å². The van der Waals surface area contributed by atoms with Crippen LogP contribution >= 0.6 is 0 Å². The fourth-order valence-electron chi connectivity index (χ4n) is 9.88. The molecule has 0 unspecified atom stereocenters. The second-order valence-electron chi connectivity index (χ2n) is 15.1. The first-order chi connectivity index (χ1) is 26.1. The number of benzene rings is 10. The predicted molar refractivity (Wildman–Crippen MR) is 228 cm³/mol. The highest BCUT2D eigenvalue weighted by molar-refractivity contribution is 6.23. The number of hydrogen-bond acceptors (Lipinski definition) is 0. The molecule has 0 fully saturated rings. The minimum atomic E-state index is -0.174.